The minimum atomic E-state index is -0.213. The number of nitrogens with one attached hydrogen (secondary N) is 2. The number of rotatable bonds is 3. The topological polar surface area (TPSA) is 94.9 Å². The average Bonchev–Trinajstić information content (AvgIpc) is 3.00. The fourth-order valence-electron chi connectivity index (χ4n) is 3.17. The van der Waals surface area contributed by atoms with Crippen molar-refractivity contribution in [2.45, 2.75) is 20.8 Å². The number of furan rings is 1. The van der Waals surface area contributed by atoms with Crippen LogP contribution in [0.3, 0.4) is 0 Å². The normalized spacial score (nSPS) is 14.0. The van der Waals surface area contributed by atoms with Crippen molar-refractivity contribution in [1.29, 1.82) is 0 Å². The van der Waals surface area contributed by atoms with Crippen LogP contribution in [0.2, 0.25) is 0 Å². The van der Waals surface area contributed by atoms with E-state index in [0.717, 1.165) is 0 Å². The Kier molecular flexibility index (Phi) is 5.67. The van der Waals surface area contributed by atoms with E-state index in [1.54, 1.807) is 47.1 Å². The standard InChI is InChI=1S/C20H24N4O4/c1-13-12-18(14(2)28-13)19(26)23-8-10-24(11-9-23)20(27)22-17-6-4-16(5-7-17)21-15(3)25/h4-7,12H,8-11H2,1-3H3,(H,21,25)(H,22,27). The first-order valence-electron chi connectivity index (χ1n) is 9.13. The van der Waals surface area contributed by atoms with Crippen LogP contribution < -0.4 is 10.6 Å². The third kappa shape index (κ3) is 4.51. The molecule has 0 bridgehead atoms. The number of carbonyl (C=O) groups excluding carboxylic acids is 3. The van der Waals surface area contributed by atoms with Gasteiger partial charge < -0.3 is 24.9 Å². The first-order valence-corrected chi connectivity index (χ1v) is 9.13. The summed E-state index contributed by atoms with van der Waals surface area (Å²) in [5.74, 6) is 1.11. The zero-order valence-electron chi connectivity index (χ0n) is 16.2. The van der Waals surface area contributed by atoms with Crippen LogP contribution in [0.4, 0.5) is 16.2 Å². The lowest BCUT2D eigenvalue weighted by atomic mass is 10.2. The number of piperazine rings is 1. The number of hydrogen-bond donors (Lipinski definition) is 2. The minimum absolute atomic E-state index is 0.0667. The van der Waals surface area contributed by atoms with Gasteiger partial charge in [0.1, 0.15) is 11.5 Å². The fraction of sp³-hybridized carbons (Fsp3) is 0.350. The van der Waals surface area contributed by atoms with E-state index in [1.165, 1.54) is 6.92 Å². The number of aryl methyl sites for hydroxylation is 2. The van der Waals surface area contributed by atoms with Gasteiger partial charge in [-0.15, -0.1) is 0 Å². The van der Waals surface area contributed by atoms with Crippen molar-refractivity contribution in [3.8, 4) is 0 Å². The summed E-state index contributed by atoms with van der Waals surface area (Å²) >= 11 is 0. The van der Waals surface area contributed by atoms with Gasteiger partial charge in [0.05, 0.1) is 5.56 Å². The molecule has 0 radical (unpaired) electrons. The summed E-state index contributed by atoms with van der Waals surface area (Å²) in [4.78, 5) is 39.6. The second kappa shape index (κ2) is 8.16. The summed E-state index contributed by atoms with van der Waals surface area (Å²) in [6.07, 6.45) is 0. The summed E-state index contributed by atoms with van der Waals surface area (Å²) in [6.45, 7) is 6.88. The summed E-state index contributed by atoms with van der Waals surface area (Å²) in [7, 11) is 0. The van der Waals surface area contributed by atoms with Crippen molar-refractivity contribution in [2.75, 3.05) is 36.8 Å². The highest BCUT2D eigenvalue weighted by Crippen LogP contribution is 2.18. The molecule has 1 aromatic carbocycles. The van der Waals surface area contributed by atoms with Gasteiger partial charge in [-0.05, 0) is 44.2 Å². The van der Waals surface area contributed by atoms with Crippen molar-refractivity contribution in [1.82, 2.24) is 9.80 Å². The molecule has 1 fully saturated rings. The van der Waals surface area contributed by atoms with Crippen LogP contribution in [-0.4, -0.2) is 53.8 Å². The number of anilines is 2. The zero-order chi connectivity index (χ0) is 20.3. The lowest BCUT2D eigenvalue weighted by molar-refractivity contribution is -0.114. The molecule has 0 saturated carbocycles. The Morgan fingerprint density at radius 3 is 1.93 bits per heavy atom. The molecule has 4 amide bonds. The van der Waals surface area contributed by atoms with E-state index in [1.807, 2.05) is 6.92 Å². The average molecular weight is 384 g/mol. The molecule has 0 atom stereocenters. The van der Waals surface area contributed by atoms with Crippen LogP contribution in [0, 0.1) is 13.8 Å². The predicted molar refractivity (Wildman–Crippen MR) is 105 cm³/mol. The van der Waals surface area contributed by atoms with Gasteiger partial charge in [0, 0.05) is 44.5 Å². The molecule has 2 aromatic rings. The Morgan fingerprint density at radius 2 is 1.43 bits per heavy atom. The van der Waals surface area contributed by atoms with Gasteiger partial charge in [-0.25, -0.2) is 4.79 Å². The van der Waals surface area contributed by atoms with Crippen LogP contribution in [0.25, 0.3) is 0 Å². The fourth-order valence-corrected chi connectivity index (χ4v) is 3.17. The predicted octanol–water partition coefficient (Wildman–Crippen LogP) is 2.84. The van der Waals surface area contributed by atoms with Gasteiger partial charge in [0.25, 0.3) is 5.91 Å². The van der Waals surface area contributed by atoms with Crippen molar-refractivity contribution in [3.05, 3.63) is 47.4 Å². The van der Waals surface area contributed by atoms with Crippen LogP contribution in [0.15, 0.2) is 34.7 Å². The largest absolute Gasteiger partial charge is 0.466 e. The summed E-state index contributed by atoms with van der Waals surface area (Å²) in [6, 6.07) is 8.45. The molecule has 8 heteroatoms. The van der Waals surface area contributed by atoms with Crippen molar-refractivity contribution >= 4 is 29.2 Å². The maximum Gasteiger partial charge on any atom is 0.321 e. The SMILES string of the molecule is CC(=O)Nc1ccc(NC(=O)N2CCN(C(=O)c3cc(C)oc3C)CC2)cc1. The van der Waals surface area contributed by atoms with Gasteiger partial charge in [-0.2, -0.15) is 0 Å². The molecule has 1 saturated heterocycles. The van der Waals surface area contributed by atoms with Crippen LogP contribution >= 0.6 is 0 Å². The van der Waals surface area contributed by atoms with Crippen LogP contribution in [-0.2, 0) is 4.79 Å². The maximum atomic E-state index is 12.6. The third-order valence-corrected chi connectivity index (χ3v) is 4.58. The molecule has 1 aliphatic rings. The van der Waals surface area contributed by atoms with E-state index >= 15 is 0 Å². The molecule has 0 spiro atoms. The van der Waals surface area contributed by atoms with Crippen molar-refractivity contribution in [3.63, 3.8) is 0 Å². The highest BCUT2D eigenvalue weighted by Gasteiger charge is 2.26. The molecule has 28 heavy (non-hydrogen) atoms. The lowest BCUT2D eigenvalue weighted by Crippen LogP contribution is -2.51. The second-order valence-electron chi connectivity index (χ2n) is 6.79. The number of benzene rings is 1. The van der Waals surface area contributed by atoms with Crippen molar-refractivity contribution < 1.29 is 18.8 Å². The molecule has 2 N–H and O–H groups in total. The number of hydrogen-bond acceptors (Lipinski definition) is 4. The van der Waals surface area contributed by atoms with Gasteiger partial charge in [-0.3, -0.25) is 9.59 Å². The molecule has 8 nitrogen and oxygen atoms in total. The Balaban J connectivity index is 1.53. The molecule has 148 valence electrons. The Bertz CT molecular complexity index is 880. The monoisotopic (exact) mass is 384 g/mol. The highest BCUT2D eigenvalue weighted by molar-refractivity contribution is 5.96. The molecule has 1 aromatic heterocycles. The molecular formula is C20H24N4O4. The minimum Gasteiger partial charge on any atom is -0.466 e. The summed E-state index contributed by atoms with van der Waals surface area (Å²) in [5.41, 5.74) is 1.89. The molecule has 0 unspecified atom stereocenters. The van der Waals surface area contributed by atoms with Gasteiger partial charge in [0.15, 0.2) is 0 Å². The Hall–Kier alpha value is -3.29. The van der Waals surface area contributed by atoms with Gasteiger partial charge in [-0.1, -0.05) is 0 Å². The molecule has 3 rings (SSSR count). The first kappa shape index (κ1) is 19.5. The molecule has 0 aliphatic carbocycles. The number of amides is 4. The van der Waals surface area contributed by atoms with Crippen molar-refractivity contribution in [2.24, 2.45) is 0 Å². The summed E-state index contributed by atoms with van der Waals surface area (Å²) < 4.78 is 5.44. The molecule has 1 aliphatic heterocycles. The maximum absolute atomic E-state index is 12.6. The van der Waals surface area contributed by atoms with E-state index < -0.39 is 0 Å². The van der Waals surface area contributed by atoms with Crippen LogP contribution in [0.1, 0.15) is 28.8 Å². The number of carbonyl (C=O) groups is 3. The van der Waals surface area contributed by atoms with Gasteiger partial charge >= 0.3 is 6.03 Å². The highest BCUT2D eigenvalue weighted by atomic mass is 16.3. The zero-order valence-corrected chi connectivity index (χ0v) is 16.2. The second-order valence-corrected chi connectivity index (χ2v) is 6.79. The number of nitrogens with zero attached hydrogens (tertiary/aromatic N) is 2. The van der Waals surface area contributed by atoms with E-state index in [2.05, 4.69) is 10.6 Å². The Morgan fingerprint density at radius 1 is 0.893 bits per heavy atom. The first-order chi connectivity index (χ1) is 13.3. The molecule has 2 heterocycles. The lowest BCUT2D eigenvalue weighted by Gasteiger charge is -2.34. The number of urea groups is 1. The van der Waals surface area contributed by atoms with Gasteiger partial charge in [0.2, 0.25) is 5.91 Å². The Labute approximate surface area is 163 Å². The quantitative estimate of drug-likeness (QED) is 0.851. The van der Waals surface area contributed by atoms with E-state index in [9.17, 15) is 14.4 Å². The van der Waals surface area contributed by atoms with E-state index in [-0.39, 0.29) is 17.8 Å². The van der Waals surface area contributed by atoms with E-state index in [0.29, 0.717) is 54.6 Å². The summed E-state index contributed by atoms with van der Waals surface area (Å²) in [5, 5.41) is 5.51. The van der Waals surface area contributed by atoms with Crippen LogP contribution in [0.5, 0.6) is 0 Å². The van der Waals surface area contributed by atoms with E-state index in [4.69, 9.17) is 4.42 Å². The molecular weight excluding hydrogens is 360 g/mol. The third-order valence-electron chi connectivity index (χ3n) is 4.58. The smallest absolute Gasteiger partial charge is 0.321 e.